The summed E-state index contributed by atoms with van der Waals surface area (Å²) in [5, 5.41) is 6.03. The fraction of sp³-hybridized carbons (Fsp3) is 0.188. The maximum Gasteiger partial charge on any atom is 0.224 e. The number of nitrogen functional groups attached to an aromatic ring is 1. The van der Waals surface area contributed by atoms with Gasteiger partial charge in [-0.05, 0) is 41.8 Å². The highest BCUT2D eigenvalue weighted by atomic mass is 19.1. The van der Waals surface area contributed by atoms with Crippen LogP contribution < -0.4 is 16.4 Å². The monoisotopic (exact) mass is 285 g/mol. The molecule has 0 spiro atoms. The highest BCUT2D eigenvalue weighted by molar-refractivity contribution is 5.95. The molecule has 0 saturated heterocycles. The number of hydrogen-bond acceptors (Lipinski definition) is 3. The molecule has 0 fully saturated rings. The third-order valence-corrected chi connectivity index (χ3v) is 3.54. The molecule has 1 aliphatic rings. The molecule has 0 bridgehead atoms. The number of fused-ring (bicyclic) bond motifs is 1. The van der Waals surface area contributed by atoms with Gasteiger partial charge in [-0.25, -0.2) is 4.39 Å². The summed E-state index contributed by atoms with van der Waals surface area (Å²) in [4.78, 5) is 11.4. The highest BCUT2D eigenvalue weighted by Crippen LogP contribution is 2.31. The molecule has 108 valence electrons. The summed E-state index contributed by atoms with van der Waals surface area (Å²) in [5.41, 5.74) is 10.0. The number of nitrogens with one attached hydrogen (secondary N) is 2. The number of halogens is 1. The molecular weight excluding hydrogens is 269 g/mol. The second-order valence-corrected chi connectivity index (χ2v) is 5.13. The predicted molar refractivity (Wildman–Crippen MR) is 81.5 cm³/mol. The van der Waals surface area contributed by atoms with Crippen molar-refractivity contribution in [3.05, 3.63) is 53.3 Å². The molecular formula is C16H16FN3O. The average Bonchev–Trinajstić information content (AvgIpc) is 2.45. The van der Waals surface area contributed by atoms with Gasteiger partial charge in [0.1, 0.15) is 5.82 Å². The molecule has 21 heavy (non-hydrogen) atoms. The van der Waals surface area contributed by atoms with Gasteiger partial charge in [-0.2, -0.15) is 0 Å². The third-order valence-electron chi connectivity index (χ3n) is 3.54. The first-order valence-electron chi connectivity index (χ1n) is 6.82. The maximum absolute atomic E-state index is 13.1. The minimum Gasteiger partial charge on any atom is -0.397 e. The lowest BCUT2D eigenvalue weighted by Crippen LogP contribution is -2.19. The summed E-state index contributed by atoms with van der Waals surface area (Å²) in [5.74, 6) is -0.238. The van der Waals surface area contributed by atoms with Gasteiger partial charge in [0.15, 0.2) is 0 Å². The molecule has 0 aliphatic carbocycles. The fourth-order valence-corrected chi connectivity index (χ4v) is 2.44. The molecule has 5 heteroatoms. The Morgan fingerprint density at radius 1 is 1.24 bits per heavy atom. The molecule has 2 aromatic carbocycles. The number of rotatable bonds is 3. The molecule has 1 aliphatic heterocycles. The van der Waals surface area contributed by atoms with Gasteiger partial charge < -0.3 is 16.4 Å². The van der Waals surface area contributed by atoms with Crippen molar-refractivity contribution in [2.45, 2.75) is 19.4 Å². The Balaban J connectivity index is 1.78. The Hall–Kier alpha value is -2.56. The van der Waals surface area contributed by atoms with Crippen molar-refractivity contribution < 1.29 is 9.18 Å². The van der Waals surface area contributed by atoms with Crippen LogP contribution in [0.25, 0.3) is 0 Å². The molecule has 0 unspecified atom stereocenters. The van der Waals surface area contributed by atoms with Gasteiger partial charge in [0.2, 0.25) is 5.91 Å². The number of carbonyl (C=O) groups is 1. The van der Waals surface area contributed by atoms with E-state index in [4.69, 9.17) is 5.73 Å². The largest absolute Gasteiger partial charge is 0.397 e. The Morgan fingerprint density at radius 2 is 2.10 bits per heavy atom. The average molecular weight is 285 g/mol. The first-order valence-corrected chi connectivity index (χ1v) is 6.82. The molecule has 0 saturated carbocycles. The van der Waals surface area contributed by atoms with Crippen molar-refractivity contribution >= 4 is 23.0 Å². The first kappa shape index (κ1) is 13.4. The number of nitrogens with two attached hydrogens (primary N) is 1. The van der Waals surface area contributed by atoms with Crippen LogP contribution in [-0.2, 0) is 17.8 Å². The first-order chi connectivity index (χ1) is 10.1. The number of aryl methyl sites for hydroxylation is 1. The minimum absolute atomic E-state index is 0.0161. The molecule has 1 heterocycles. The van der Waals surface area contributed by atoms with Crippen molar-refractivity contribution in [1.82, 2.24) is 0 Å². The molecule has 3 rings (SSSR count). The van der Waals surface area contributed by atoms with Crippen LogP contribution in [0.2, 0.25) is 0 Å². The number of hydrogen-bond donors (Lipinski definition) is 3. The van der Waals surface area contributed by atoms with Crippen LogP contribution >= 0.6 is 0 Å². The number of benzene rings is 2. The highest BCUT2D eigenvalue weighted by Gasteiger charge is 2.16. The fourth-order valence-electron chi connectivity index (χ4n) is 2.44. The zero-order chi connectivity index (χ0) is 14.8. The van der Waals surface area contributed by atoms with E-state index in [2.05, 4.69) is 10.6 Å². The second kappa shape index (κ2) is 5.44. The zero-order valence-electron chi connectivity index (χ0n) is 11.4. The Kier molecular flexibility index (Phi) is 3.48. The van der Waals surface area contributed by atoms with Gasteiger partial charge in [0.05, 0.1) is 11.4 Å². The Morgan fingerprint density at radius 3 is 2.90 bits per heavy atom. The van der Waals surface area contributed by atoms with Crippen molar-refractivity contribution in [2.75, 3.05) is 16.4 Å². The summed E-state index contributed by atoms with van der Waals surface area (Å²) >= 11 is 0. The Labute approximate surface area is 122 Å². The topological polar surface area (TPSA) is 67.1 Å². The van der Waals surface area contributed by atoms with Crippen molar-refractivity contribution in [3.63, 3.8) is 0 Å². The van der Waals surface area contributed by atoms with Crippen LogP contribution in [-0.4, -0.2) is 5.91 Å². The van der Waals surface area contributed by atoms with E-state index in [1.807, 2.05) is 12.1 Å². The molecule has 4 N–H and O–H groups in total. The van der Waals surface area contributed by atoms with Gasteiger partial charge in [-0.1, -0.05) is 12.1 Å². The lowest BCUT2D eigenvalue weighted by atomic mass is 10.0. The van der Waals surface area contributed by atoms with Crippen molar-refractivity contribution in [3.8, 4) is 0 Å². The van der Waals surface area contributed by atoms with Crippen LogP contribution in [0.15, 0.2) is 36.4 Å². The third kappa shape index (κ3) is 2.97. The summed E-state index contributed by atoms with van der Waals surface area (Å²) < 4.78 is 13.1. The SMILES string of the molecule is Nc1cc2c(cc1NCc1cccc(F)c1)CCC(=O)N2. The normalized spacial score (nSPS) is 13.5. The molecule has 4 nitrogen and oxygen atoms in total. The number of anilines is 3. The van der Waals surface area contributed by atoms with Crippen molar-refractivity contribution in [1.29, 1.82) is 0 Å². The van der Waals surface area contributed by atoms with E-state index < -0.39 is 0 Å². The van der Waals surface area contributed by atoms with Gasteiger partial charge in [0, 0.05) is 18.7 Å². The quantitative estimate of drug-likeness (QED) is 0.760. The van der Waals surface area contributed by atoms with E-state index in [9.17, 15) is 9.18 Å². The van der Waals surface area contributed by atoms with E-state index >= 15 is 0 Å². The molecule has 2 aromatic rings. The van der Waals surface area contributed by atoms with Crippen LogP contribution in [0.1, 0.15) is 17.5 Å². The van der Waals surface area contributed by atoms with Gasteiger partial charge in [-0.3, -0.25) is 4.79 Å². The van der Waals surface area contributed by atoms with Crippen LogP contribution in [0.5, 0.6) is 0 Å². The zero-order valence-corrected chi connectivity index (χ0v) is 11.4. The number of carbonyl (C=O) groups excluding carboxylic acids is 1. The smallest absolute Gasteiger partial charge is 0.224 e. The van der Waals surface area contributed by atoms with E-state index in [0.717, 1.165) is 22.5 Å². The van der Waals surface area contributed by atoms with E-state index in [0.29, 0.717) is 25.1 Å². The van der Waals surface area contributed by atoms with Gasteiger partial charge in [0.25, 0.3) is 0 Å². The lowest BCUT2D eigenvalue weighted by molar-refractivity contribution is -0.116. The number of amides is 1. The van der Waals surface area contributed by atoms with Crippen LogP contribution in [0.3, 0.4) is 0 Å². The standard InChI is InChI=1S/C16H16FN3O/c17-12-3-1-2-10(6-12)9-19-15-7-11-4-5-16(21)20-14(11)8-13(15)18/h1-3,6-8,19H,4-5,9,18H2,(H,20,21). The van der Waals surface area contributed by atoms with Gasteiger partial charge in [-0.15, -0.1) is 0 Å². The maximum atomic E-state index is 13.1. The summed E-state index contributed by atoms with van der Waals surface area (Å²) in [6, 6.07) is 10.1. The Bertz CT molecular complexity index is 700. The van der Waals surface area contributed by atoms with E-state index in [1.54, 1.807) is 12.1 Å². The predicted octanol–water partition coefficient (Wildman–Crippen LogP) is 2.90. The summed E-state index contributed by atoms with van der Waals surface area (Å²) in [6.07, 6.45) is 1.19. The van der Waals surface area contributed by atoms with Gasteiger partial charge >= 0.3 is 0 Å². The molecule has 0 aromatic heterocycles. The summed E-state index contributed by atoms with van der Waals surface area (Å²) in [6.45, 7) is 0.493. The van der Waals surface area contributed by atoms with E-state index in [1.165, 1.54) is 12.1 Å². The van der Waals surface area contributed by atoms with Crippen LogP contribution in [0.4, 0.5) is 21.5 Å². The van der Waals surface area contributed by atoms with E-state index in [-0.39, 0.29) is 11.7 Å². The van der Waals surface area contributed by atoms with Crippen molar-refractivity contribution in [2.24, 2.45) is 0 Å². The summed E-state index contributed by atoms with van der Waals surface area (Å²) in [7, 11) is 0. The van der Waals surface area contributed by atoms with Crippen LogP contribution in [0, 0.1) is 5.82 Å². The molecule has 0 radical (unpaired) electrons. The minimum atomic E-state index is -0.254. The lowest BCUT2D eigenvalue weighted by Gasteiger charge is -2.19. The molecule has 1 amide bonds. The molecule has 0 atom stereocenters. The second-order valence-electron chi connectivity index (χ2n) is 5.13.